The number of hydrogen-bond acceptors (Lipinski definition) is 8. The number of rotatable bonds is 6. The fourth-order valence-electron chi connectivity index (χ4n) is 4.25. The van der Waals surface area contributed by atoms with Gasteiger partial charge in [0, 0.05) is 19.3 Å². The van der Waals surface area contributed by atoms with Crippen LogP contribution < -0.4 is 20.3 Å². The van der Waals surface area contributed by atoms with Crippen molar-refractivity contribution in [3.8, 4) is 11.8 Å². The average Bonchev–Trinajstić information content (AvgIpc) is 2.70. The molecule has 1 aliphatic heterocycles. The summed E-state index contributed by atoms with van der Waals surface area (Å²) in [5.41, 5.74) is 1.74. The lowest BCUT2D eigenvalue weighted by atomic mass is 9.81. The molecule has 4 rings (SSSR count). The average molecular weight is 422 g/mol. The normalized spacial score (nSPS) is 22.3. The molecule has 0 bridgehead atoms. The first kappa shape index (κ1) is 20.8. The summed E-state index contributed by atoms with van der Waals surface area (Å²) in [6, 6.07) is 5.58. The van der Waals surface area contributed by atoms with Gasteiger partial charge < -0.3 is 20.3 Å². The number of carbonyl (C=O) groups is 1. The minimum absolute atomic E-state index is 0.0209. The zero-order valence-electron chi connectivity index (χ0n) is 18.2. The highest BCUT2D eigenvalue weighted by atomic mass is 16.5. The molecular formula is C22H27N7O2. The molecule has 0 aromatic carbocycles. The third-order valence-electron chi connectivity index (χ3n) is 5.89. The van der Waals surface area contributed by atoms with Gasteiger partial charge in [-0.05, 0) is 43.7 Å². The topological polar surface area (TPSA) is 116 Å². The van der Waals surface area contributed by atoms with E-state index in [2.05, 4.69) is 20.6 Å². The van der Waals surface area contributed by atoms with E-state index in [9.17, 15) is 4.79 Å². The predicted molar refractivity (Wildman–Crippen MR) is 117 cm³/mol. The van der Waals surface area contributed by atoms with Crippen molar-refractivity contribution in [2.45, 2.75) is 45.7 Å². The van der Waals surface area contributed by atoms with Crippen molar-refractivity contribution in [1.82, 2.24) is 15.0 Å². The van der Waals surface area contributed by atoms with Crippen LogP contribution in [0.2, 0.25) is 0 Å². The SMILES string of the molecule is Cc1nc(NC2CC(COc3cccnc3C#N)C2)nc2c1NC(=O)[C@H](C(C)C)N2C. The molecule has 2 aromatic heterocycles. The Labute approximate surface area is 181 Å². The number of likely N-dealkylation sites (N-methyl/N-ethyl adjacent to an activating group) is 1. The second-order valence-corrected chi connectivity index (χ2v) is 8.57. The molecule has 2 aliphatic rings. The zero-order valence-corrected chi connectivity index (χ0v) is 18.2. The largest absolute Gasteiger partial charge is 0.490 e. The molecule has 0 unspecified atom stereocenters. The minimum atomic E-state index is -0.259. The van der Waals surface area contributed by atoms with Crippen LogP contribution in [0.5, 0.6) is 5.75 Å². The lowest BCUT2D eigenvalue weighted by Gasteiger charge is -2.38. The molecule has 9 heteroatoms. The van der Waals surface area contributed by atoms with E-state index in [-0.39, 0.29) is 23.9 Å². The fraction of sp³-hybridized carbons (Fsp3) is 0.500. The lowest BCUT2D eigenvalue weighted by Crippen LogP contribution is -2.50. The number of aromatic nitrogens is 3. The van der Waals surface area contributed by atoms with Gasteiger partial charge in [0.25, 0.3) is 0 Å². The maximum Gasteiger partial charge on any atom is 0.247 e. The van der Waals surface area contributed by atoms with Crippen LogP contribution >= 0.6 is 0 Å². The summed E-state index contributed by atoms with van der Waals surface area (Å²) in [7, 11) is 1.91. The molecule has 2 aromatic rings. The van der Waals surface area contributed by atoms with Gasteiger partial charge in [-0.15, -0.1) is 0 Å². The van der Waals surface area contributed by atoms with Gasteiger partial charge in [0.1, 0.15) is 17.8 Å². The molecule has 3 heterocycles. The van der Waals surface area contributed by atoms with Gasteiger partial charge in [0.05, 0.1) is 12.3 Å². The monoisotopic (exact) mass is 421 g/mol. The summed E-state index contributed by atoms with van der Waals surface area (Å²) in [6.07, 6.45) is 3.45. The molecule has 1 saturated carbocycles. The van der Waals surface area contributed by atoms with Crippen molar-refractivity contribution in [3.05, 3.63) is 29.7 Å². The van der Waals surface area contributed by atoms with Gasteiger partial charge in [-0.2, -0.15) is 10.2 Å². The molecule has 9 nitrogen and oxygen atoms in total. The lowest BCUT2D eigenvalue weighted by molar-refractivity contribution is -0.118. The molecule has 1 atom stereocenters. The summed E-state index contributed by atoms with van der Waals surface area (Å²) in [5, 5.41) is 15.5. The van der Waals surface area contributed by atoms with Gasteiger partial charge in [0.2, 0.25) is 11.9 Å². The summed E-state index contributed by atoms with van der Waals surface area (Å²) in [5.74, 6) is 2.39. The van der Waals surface area contributed by atoms with Gasteiger partial charge in [-0.1, -0.05) is 13.8 Å². The Balaban J connectivity index is 1.37. The highest BCUT2D eigenvalue weighted by Gasteiger charge is 2.36. The number of aryl methyl sites for hydroxylation is 1. The van der Waals surface area contributed by atoms with Gasteiger partial charge in [-0.3, -0.25) is 4.79 Å². The van der Waals surface area contributed by atoms with Crippen LogP contribution in [-0.2, 0) is 4.79 Å². The Morgan fingerprint density at radius 3 is 2.87 bits per heavy atom. The quantitative estimate of drug-likeness (QED) is 0.731. The molecule has 2 N–H and O–H groups in total. The Morgan fingerprint density at radius 2 is 2.16 bits per heavy atom. The molecule has 1 fully saturated rings. The number of nitriles is 1. The molecular weight excluding hydrogens is 394 g/mol. The molecule has 1 amide bonds. The smallest absolute Gasteiger partial charge is 0.247 e. The fourth-order valence-corrected chi connectivity index (χ4v) is 4.25. The number of hydrogen-bond donors (Lipinski definition) is 2. The van der Waals surface area contributed by atoms with E-state index in [4.69, 9.17) is 15.0 Å². The van der Waals surface area contributed by atoms with E-state index in [1.165, 1.54) is 0 Å². The summed E-state index contributed by atoms with van der Waals surface area (Å²) >= 11 is 0. The van der Waals surface area contributed by atoms with Gasteiger partial charge in [0.15, 0.2) is 17.3 Å². The van der Waals surface area contributed by atoms with E-state index in [0.29, 0.717) is 35.6 Å². The number of pyridine rings is 1. The standard InChI is InChI=1S/C22H27N7O2/c1-12(2)19-21(30)27-18-13(3)25-22(28-20(18)29(19)4)26-15-8-14(9-15)11-31-17-6-5-7-24-16(17)10-23/h5-7,12,14-15,19H,8-9,11H2,1-4H3,(H,27,30)(H,25,26,28)/t14?,15?,19-/m0/s1. The van der Waals surface area contributed by atoms with Crippen LogP contribution in [0.1, 0.15) is 38.1 Å². The summed E-state index contributed by atoms with van der Waals surface area (Å²) in [4.78, 5) is 27.7. The first-order valence-corrected chi connectivity index (χ1v) is 10.5. The summed E-state index contributed by atoms with van der Waals surface area (Å²) in [6.45, 7) is 6.49. The minimum Gasteiger partial charge on any atom is -0.490 e. The maximum atomic E-state index is 12.5. The van der Waals surface area contributed by atoms with Crippen LogP contribution in [-0.4, -0.2) is 46.6 Å². The van der Waals surface area contributed by atoms with Crippen LogP contribution in [0, 0.1) is 30.1 Å². The van der Waals surface area contributed by atoms with Crippen LogP contribution in [0.3, 0.4) is 0 Å². The highest BCUT2D eigenvalue weighted by molar-refractivity contribution is 6.03. The Hall–Kier alpha value is -3.41. The van der Waals surface area contributed by atoms with Crippen molar-refractivity contribution in [3.63, 3.8) is 0 Å². The molecule has 0 radical (unpaired) electrons. The molecule has 31 heavy (non-hydrogen) atoms. The zero-order chi connectivity index (χ0) is 22.1. The second-order valence-electron chi connectivity index (χ2n) is 8.57. The number of ether oxygens (including phenoxy) is 1. The van der Waals surface area contributed by atoms with E-state index in [0.717, 1.165) is 24.4 Å². The van der Waals surface area contributed by atoms with Crippen molar-refractivity contribution in [2.75, 3.05) is 29.2 Å². The Bertz CT molecular complexity index is 1030. The van der Waals surface area contributed by atoms with Gasteiger partial charge in [-0.25, -0.2) is 9.97 Å². The second kappa shape index (κ2) is 8.38. The predicted octanol–water partition coefficient (Wildman–Crippen LogP) is 2.73. The van der Waals surface area contributed by atoms with Crippen molar-refractivity contribution in [2.24, 2.45) is 11.8 Å². The molecule has 0 saturated heterocycles. The van der Waals surface area contributed by atoms with Crippen molar-refractivity contribution >= 4 is 23.4 Å². The van der Waals surface area contributed by atoms with E-state index in [1.54, 1.807) is 18.3 Å². The summed E-state index contributed by atoms with van der Waals surface area (Å²) < 4.78 is 5.79. The van der Waals surface area contributed by atoms with Crippen molar-refractivity contribution < 1.29 is 9.53 Å². The van der Waals surface area contributed by atoms with E-state index in [1.807, 2.05) is 38.8 Å². The Kier molecular flexibility index (Phi) is 5.63. The third kappa shape index (κ3) is 4.10. The molecule has 0 spiro atoms. The van der Waals surface area contributed by atoms with E-state index >= 15 is 0 Å². The Morgan fingerprint density at radius 1 is 1.39 bits per heavy atom. The number of anilines is 3. The third-order valence-corrected chi connectivity index (χ3v) is 5.89. The van der Waals surface area contributed by atoms with Crippen LogP contribution in [0.4, 0.5) is 17.5 Å². The number of carbonyl (C=O) groups excluding carboxylic acids is 1. The first-order chi connectivity index (χ1) is 14.9. The molecule has 162 valence electrons. The van der Waals surface area contributed by atoms with E-state index < -0.39 is 0 Å². The van der Waals surface area contributed by atoms with Gasteiger partial charge >= 0.3 is 0 Å². The number of nitrogens with one attached hydrogen (secondary N) is 2. The van der Waals surface area contributed by atoms with Crippen LogP contribution in [0.15, 0.2) is 18.3 Å². The van der Waals surface area contributed by atoms with Crippen LogP contribution in [0.25, 0.3) is 0 Å². The van der Waals surface area contributed by atoms with Crippen molar-refractivity contribution in [1.29, 1.82) is 5.26 Å². The maximum absolute atomic E-state index is 12.5. The highest BCUT2D eigenvalue weighted by Crippen LogP contribution is 2.36. The number of nitrogens with zero attached hydrogens (tertiary/aromatic N) is 5. The first-order valence-electron chi connectivity index (χ1n) is 10.5. The number of fused-ring (bicyclic) bond motifs is 1. The number of amides is 1. The molecule has 1 aliphatic carbocycles.